The van der Waals surface area contributed by atoms with Gasteiger partial charge in [-0.2, -0.15) is 5.26 Å². The molecule has 2 N–H and O–H groups in total. The number of nitrogens with one attached hydrogen (secondary N) is 2. The van der Waals surface area contributed by atoms with E-state index in [1.807, 2.05) is 18.2 Å². The van der Waals surface area contributed by atoms with E-state index in [1.165, 1.54) is 0 Å². The molecule has 0 unspecified atom stereocenters. The van der Waals surface area contributed by atoms with Crippen molar-refractivity contribution in [2.45, 2.75) is 6.54 Å². The molecule has 0 saturated heterocycles. The zero-order chi connectivity index (χ0) is 14.2. The van der Waals surface area contributed by atoms with Crippen molar-refractivity contribution in [1.82, 2.24) is 10.3 Å². The molecule has 0 fully saturated rings. The lowest BCUT2D eigenvalue weighted by Crippen LogP contribution is -2.27. The van der Waals surface area contributed by atoms with Gasteiger partial charge in [0, 0.05) is 24.6 Å². The molecule has 0 atom stereocenters. The topological polar surface area (TPSA) is 77.8 Å². The molecule has 0 radical (unpaired) electrons. The van der Waals surface area contributed by atoms with E-state index in [0.717, 1.165) is 5.56 Å². The Balaban J connectivity index is 1.79. The largest absolute Gasteiger partial charge is 0.325 e. The number of nitrogens with zero attached hydrogens (tertiary/aromatic N) is 2. The Kier molecular flexibility index (Phi) is 4.81. The highest BCUT2D eigenvalue weighted by molar-refractivity contribution is 5.92. The number of anilines is 1. The van der Waals surface area contributed by atoms with Crippen LogP contribution < -0.4 is 10.6 Å². The number of hydrogen-bond donors (Lipinski definition) is 2. The third kappa shape index (κ3) is 4.19. The monoisotopic (exact) mass is 266 g/mol. The molecule has 0 saturated carbocycles. The molecule has 0 aliphatic heterocycles. The minimum Gasteiger partial charge on any atom is -0.325 e. The third-order valence-electron chi connectivity index (χ3n) is 2.61. The lowest BCUT2D eigenvalue weighted by molar-refractivity contribution is -0.115. The van der Waals surface area contributed by atoms with Crippen LogP contribution in [0.2, 0.25) is 0 Å². The third-order valence-corrected chi connectivity index (χ3v) is 2.61. The number of amides is 1. The van der Waals surface area contributed by atoms with Crippen molar-refractivity contribution in [3.8, 4) is 6.07 Å². The number of carbonyl (C=O) groups excluding carboxylic acids is 1. The highest BCUT2D eigenvalue weighted by Gasteiger charge is 2.02. The molecule has 0 aliphatic rings. The quantitative estimate of drug-likeness (QED) is 0.863. The van der Waals surface area contributed by atoms with E-state index in [1.54, 1.807) is 36.7 Å². The maximum atomic E-state index is 11.7. The molecule has 2 aromatic rings. The van der Waals surface area contributed by atoms with Crippen molar-refractivity contribution in [3.63, 3.8) is 0 Å². The molecule has 5 heteroatoms. The Morgan fingerprint density at radius 3 is 2.95 bits per heavy atom. The fourth-order valence-corrected chi connectivity index (χ4v) is 1.69. The smallest absolute Gasteiger partial charge is 0.238 e. The minimum absolute atomic E-state index is 0.149. The molecule has 0 spiro atoms. The number of benzene rings is 1. The number of carbonyl (C=O) groups is 1. The lowest BCUT2D eigenvalue weighted by atomic mass is 10.2. The van der Waals surface area contributed by atoms with Crippen LogP contribution in [0.3, 0.4) is 0 Å². The van der Waals surface area contributed by atoms with E-state index in [4.69, 9.17) is 5.26 Å². The van der Waals surface area contributed by atoms with Crippen molar-refractivity contribution in [2.24, 2.45) is 0 Å². The fourth-order valence-electron chi connectivity index (χ4n) is 1.69. The summed E-state index contributed by atoms with van der Waals surface area (Å²) in [5, 5.41) is 14.6. The Hall–Kier alpha value is -2.71. The second-order valence-corrected chi connectivity index (χ2v) is 4.21. The van der Waals surface area contributed by atoms with Gasteiger partial charge in [0.1, 0.15) is 0 Å². The zero-order valence-electron chi connectivity index (χ0n) is 10.8. The first kappa shape index (κ1) is 13.7. The van der Waals surface area contributed by atoms with Crippen LogP contribution in [-0.2, 0) is 11.3 Å². The average Bonchev–Trinajstić information content (AvgIpc) is 2.48. The van der Waals surface area contributed by atoms with E-state index in [0.29, 0.717) is 17.8 Å². The van der Waals surface area contributed by atoms with Crippen LogP contribution in [-0.4, -0.2) is 17.4 Å². The van der Waals surface area contributed by atoms with Crippen LogP contribution in [0.15, 0.2) is 48.8 Å². The number of nitriles is 1. The normalized spacial score (nSPS) is 9.75. The first-order valence-corrected chi connectivity index (χ1v) is 6.17. The van der Waals surface area contributed by atoms with Gasteiger partial charge >= 0.3 is 0 Å². The standard InChI is InChI=1S/C15H14N4O/c16-8-12-3-1-5-14(7-12)19-15(20)11-18-10-13-4-2-6-17-9-13/h1-7,9,18H,10-11H2,(H,19,20). The van der Waals surface area contributed by atoms with Crippen LogP contribution in [0.4, 0.5) is 5.69 Å². The van der Waals surface area contributed by atoms with Gasteiger partial charge in [0.2, 0.25) is 5.91 Å². The molecule has 1 heterocycles. The van der Waals surface area contributed by atoms with Crippen LogP contribution in [0, 0.1) is 11.3 Å². The first-order chi connectivity index (χ1) is 9.78. The summed E-state index contributed by atoms with van der Waals surface area (Å²) in [4.78, 5) is 15.7. The lowest BCUT2D eigenvalue weighted by Gasteiger charge is -2.07. The summed E-state index contributed by atoms with van der Waals surface area (Å²) >= 11 is 0. The molecule has 5 nitrogen and oxygen atoms in total. The molecule has 100 valence electrons. The van der Waals surface area contributed by atoms with Gasteiger partial charge in [-0.05, 0) is 29.8 Å². The van der Waals surface area contributed by atoms with E-state index >= 15 is 0 Å². The van der Waals surface area contributed by atoms with E-state index in [9.17, 15) is 4.79 Å². The first-order valence-electron chi connectivity index (χ1n) is 6.17. The summed E-state index contributed by atoms with van der Waals surface area (Å²) in [6.07, 6.45) is 3.46. The van der Waals surface area contributed by atoms with Crippen molar-refractivity contribution < 1.29 is 4.79 Å². The molecule has 0 aliphatic carbocycles. The molecule has 2 rings (SSSR count). The second kappa shape index (κ2) is 7.02. The van der Waals surface area contributed by atoms with Gasteiger partial charge in [-0.25, -0.2) is 0 Å². The Bertz CT molecular complexity index is 619. The van der Waals surface area contributed by atoms with Crippen molar-refractivity contribution in [2.75, 3.05) is 11.9 Å². The Labute approximate surface area is 117 Å². The van der Waals surface area contributed by atoms with Gasteiger partial charge in [-0.15, -0.1) is 0 Å². The summed E-state index contributed by atoms with van der Waals surface area (Å²) in [5.41, 5.74) is 2.16. The molecular weight excluding hydrogens is 252 g/mol. The molecule has 20 heavy (non-hydrogen) atoms. The van der Waals surface area contributed by atoms with E-state index in [-0.39, 0.29) is 12.5 Å². The Morgan fingerprint density at radius 2 is 2.20 bits per heavy atom. The van der Waals surface area contributed by atoms with Gasteiger partial charge in [0.15, 0.2) is 0 Å². The average molecular weight is 266 g/mol. The fraction of sp³-hybridized carbons (Fsp3) is 0.133. The molecular formula is C15H14N4O. The number of pyridine rings is 1. The summed E-state index contributed by atoms with van der Waals surface area (Å²) in [6, 6.07) is 12.6. The molecule has 1 aromatic heterocycles. The number of aromatic nitrogens is 1. The SMILES string of the molecule is N#Cc1cccc(NC(=O)CNCc2cccnc2)c1. The summed E-state index contributed by atoms with van der Waals surface area (Å²) < 4.78 is 0. The predicted molar refractivity (Wildman–Crippen MR) is 75.7 cm³/mol. The van der Waals surface area contributed by atoms with Crippen LogP contribution in [0.5, 0.6) is 0 Å². The molecule has 1 aromatic carbocycles. The zero-order valence-corrected chi connectivity index (χ0v) is 10.8. The molecule has 0 bridgehead atoms. The van der Waals surface area contributed by atoms with Crippen molar-refractivity contribution in [3.05, 3.63) is 59.9 Å². The van der Waals surface area contributed by atoms with Gasteiger partial charge in [0.25, 0.3) is 0 Å². The van der Waals surface area contributed by atoms with Gasteiger partial charge < -0.3 is 10.6 Å². The van der Waals surface area contributed by atoms with Crippen molar-refractivity contribution in [1.29, 1.82) is 5.26 Å². The maximum Gasteiger partial charge on any atom is 0.238 e. The Morgan fingerprint density at radius 1 is 1.30 bits per heavy atom. The second-order valence-electron chi connectivity index (χ2n) is 4.21. The molecule has 1 amide bonds. The van der Waals surface area contributed by atoms with E-state index in [2.05, 4.69) is 15.6 Å². The number of rotatable bonds is 5. The van der Waals surface area contributed by atoms with E-state index < -0.39 is 0 Å². The van der Waals surface area contributed by atoms with Crippen LogP contribution in [0.1, 0.15) is 11.1 Å². The predicted octanol–water partition coefficient (Wildman–Crippen LogP) is 1.68. The van der Waals surface area contributed by atoms with Crippen LogP contribution >= 0.6 is 0 Å². The van der Waals surface area contributed by atoms with Crippen molar-refractivity contribution >= 4 is 11.6 Å². The van der Waals surface area contributed by atoms with Gasteiger partial charge in [-0.3, -0.25) is 9.78 Å². The highest BCUT2D eigenvalue weighted by atomic mass is 16.1. The van der Waals surface area contributed by atoms with Gasteiger partial charge in [0.05, 0.1) is 18.2 Å². The summed E-state index contributed by atoms with van der Waals surface area (Å²) in [7, 11) is 0. The number of hydrogen-bond acceptors (Lipinski definition) is 4. The highest BCUT2D eigenvalue weighted by Crippen LogP contribution is 2.09. The summed E-state index contributed by atoms with van der Waals surface area (Å²) in [5.74, 6) is -0.149. The maximum absolute atomic E-state index is 11.7. The van der Waals surface area contributed by atoms with Gasteiger partial charge in [-0.1, -0.05) is 12.1 Å². The summed E-state index contributed by atoms with van der Waals surface area (Å²) in [6.45, 7) is 0.783. The minimum atomic E-state index is -0.149. The van der Waals surface area contributed by atoms with Crippen LogP contribution in [0.25, 0.3) is 0 Å².